The Morgan fingerprint density at radius 2 is 1.59 bits per heavy atom. The molecule has 4 heteroatoms. The summed E-state index contributed by atoms with van der Waals surface area (Å²) in [7, 11) is 0. The molecular formula is C13H24N2O2. The Labute approximate surface area is 103 Å². The van der Waals surface area contributed by atoms with Gasteiger partial charge in [0.05, 0.1) is 0 Å². The van der Waals surface area contributed by atoms with E-state index in [2.05, 4.69) is 0 Å². The SMILES string of the molecule is CCC(C(N)=O)C(CC1CCCCC1)C(N)=O. The molecule has 0 spiro atoms. The fraction of sp³-hybridized carbons (Fsp3) is 0.846. The highest BCUT2D eigenvalue weighted by Crippen LogP contribution is 2.32. The molecule has 1 saturated carbocycles. The van der Waals surface area contributed by atoms with E-state index in [9.17, 15) is 9.59 Å². The van der Waals surface area contributed by atoms with E-state index >= 15 is 0 Å². The molecule has 0 aromatic heterocycles. The average molecular weight is 240 g/mol. The number of carbonyl (C=O) groups excluding carboxylic acids is 2. The van der Waals surface area contributed by atoms with E-state index in [0.717, 1.165) is 19.3 Å². The van der Waals surface area contributed by atoms with E-state index in [-0.39, 0.29) is 11.8 Å². The zero-order valence-corrected chi connectivity index (χ0v) is 10.7. The number of primary amides is 2. The Bertz CT molecular complexity index is 273. The van der Waals surface area contributed by atoms with Crippen molar-refractivity contribution in [1.82, 2.24) is 0 Å². The average Bonchev–Trinajstić information content (AvgIpc) is 2.29. The Balaban J connectivity index is 2.64. The van der Waals surface area contributed by atoms with Gasteiger partial charge in [0, 0.05) is 11.8 Å². The molecule has 1 aliphatic carbocycles. The van der Waals surface area contributed by atoms with Crippen LogP contribution >= 0.6 is 0 Å². The van der Waals surface area contributed by atoms with Gasteiger partial charge in [0.2, 0.25) is 11.8 Å². The Hall–Kier alpha value is -1.06. The lowest BCUT2D eigenvalue weighted by Crippen LogP contribution is -2.38. The Morgan fingerprint density at radius 1 is 1.06 bits per heavy atom. The Morgan fingerprint density at radius 3 is 2.00 bits per heavy atom. The molecule has 2 atom stereocenters. The van der Waals surface area contributed by atoms with Crippen molar-refractivity contribution < 1.29 is 9.59 Å². The van der Waals surface area contributed by atoms with Gasteiger partial charge in [-0.05, 0) is 18.8 Å². The topological polar surface area (TPSA) is 86.2 Å². The fourth-order valence-corrected chi connectivity index (χ4v) is 2.94. The minimum absolute atomic E-state index is 0.374. The van der Waals surface area contributed by atoms with Gasteiger partial charge < -0.3 is 11.5 Å². The normalized spacial score (nSPS) is 20.8. The fourth-order valence-electron chi connectivity index (χ4n) is 2.94. The third-order valence-electron chi connectivity index (χ3n) is 3.97. The maximum absolute atomic E-state index is 11.5. The molecule has 4 nitrogen and oxygen atoms in total. The van der Waals surface area contributed by atoms with Crippen molar-refractivity contribution in [2.45, 2.75) is 51.9 Å². The molecule has 0 aromatic rings. The number of hydrogen-bond donors (Lipinski definition) is 2. The number of hydrogen-bond acceptors (Lipinski definition) is 2. The van der Waals surface area contributed by atoms with Crippen molar-refractivity contribution in [1.29, 1.82) is 0 Å². The summed E-state index contributed by atoms with van der Waals surface area (Å²) in [6.07, 6.45) is 7.36. The standard InChI is InChI=1S/C13H24N2O2/c1-2-10(12(14)16)11(13(15)17)8-9-6-4-3-5-7-9/h9-11H,2-8H2,1H3,(H2,14,16)(H2,15,17). The van der Waals surface area contributed by atoms with E-state index in [1.165, 1.54) is 19.3 Å². The molecule has 0 saturated heterocycles. The molecule has 2 amide bonds. The maximum atomic E-state index is 11.5. The van der Waals surface area contributed by atoms with Crippen molar-refractivity contribution in [2.75, 3.05) is 0 Å². The van der Waals surface area contributed by atoms with Crippen molar-refractivity contribution in [3.05, 3.63) is 0 Å². The van der Waals surface area contributed by atoms with Crippen molar-refractivity contribution >= 4 is 11.8 Å². The lowest BCUT2D eigenvalue weighted by atomic mass is 9.77. The molecule has 1 aliphatic rings. The van der Waals surface area contributed by atoms with Gasteiger partial charge in [0.1, 0.15) is 0 Å². The monoisotopic (exact) mass is 240 g/mol. The molecule has 0 radical (unpaired) electrons. The van der Waals surface area contributed by atoms with Crippen LogP contribution < -0.4 is 11.5 Å². The first-order chi connectivity index (χ1) is 8.06. The maximum Gasteiger partial charge on any atom is 0.221 e. The lowest BCUT2D eigenvalue weighted by Gasteiger charge is -2.28. The van der Waals surface area contributed by atoms with E-state index in [1.54, 1.807) is 0 Å². The second-order valence-corrected chi connectivity index (χ2v) is 5.17. The summed E-state index contributed by atoms with van der Waals surface area (Å²) < 4.78 is 0. The zero-order chi connectivity index (χ0) is 12.8. The van der Waals surface area contributed by atoms with Crippen molar-refractivity contribution in [2.24, 2.45) is 29.2 Å². The molecule has 1 rings (SSSR count). The predicted molar refractivity (Wildman–Crippen MR) is 66.9 cm³/mol. The highest BCUT2D eigenvalue weighted by atomic mass is 16.2. The van der Waals surface area contributed by atoms with Crippen LogP contribution in [0, 0.1) is 17.8 Å². The minimum atomic E-state index is -0.396. The van der Waals surface area contributed by atoms with Gasteiger partial charge in [-0.1, -0.05) is 39.0 Å². The number of amides is 2. The second kappa shape index (κ2) is 6.62. The van der Waals surface area contributed by atoms with Crippen LogP contribution in [0.25, 0.3) is 0 Å². The largest absolute Gasteiger partial charge is 0.369 e. The number of carbonyl (C=O) groups is 2. The highest BCUT2D eigenvalue weighted by Gasteiger charge is 2.32. The summed E-state index contributed by atoms with van der Waals surface area (Å²) in [4.78, 5) is 22.8. The van der Waals surface area contributed by atoms with Crippen LogP contribution in [-0.4, -0.2) is 11.8 Å². The smallest absolute Gasteiger partial charge is 0.221 e. The van der Waals surface area contributed by atoms with Crippen molar-refractivity contribution in [3.8, 4) is 0 Å². The van der Waals surface area contributed by atoms with Crippen LogP contribution in [0.4, 0.5) is 0 Å². The molecule has 2 unspecified atom stereocenters. The first-order valence-corrected chi connectivity index (χ1v) is 6.64. The van der Waals surface area contributed by atoms with Crippen LogP contribution in [0.2, 0.25) is 0 Å². The van der Waals surface area contributed by atoms with Gasteiger partial charge >= 0.3 is 0 Å². The first-order valence-electron chi connectivity index (χ1n) is 6.64. The van der Waals surface area contributed by atoms with Gasteiger partial charge in [0.25, 0.3) is 0 Å². The van der Waals surface area contributed by atoms with Gasteiger partial charge in [-0.15, -0.1) is 0 Å². The van der Waals surface area contributed by atoms with E-state index < -0.39 is 11.8 Å². The number of rotatable bonds is 6. The summed E-state index contributed by atoms with van der Waals surface area (Å²) in [5.41, 5.74) is 10.8. The molecule has 0 aliphatic heterocycles. The van der Waals surface area contributed by atoms with Gasteiger partial charge in [-0.25, -0.2) is 0 Å². The predicted octanol–water partition coefficient (Wildman–Crippen LogP) is 1.57. The van der Waals surface area contributed by atoms with E-state index in [4.69, 9.17) is 11.5 Å². The quantitative estimate of drug-likeness (QED) is 0.738. The first kappa shape index (κ1) is 14.0. The molecule has 0 aromatic carbocycles. The molecule has 17 heavy (non-hydrogen) atoms. The minimum Gasteiger partial charge on any atom is -0.369 e. The van der Waals surface area contributed by atoms with Gasteiger partial charge in [-0.3, -0.25) is 9.59 Å². The van der Waals surface area contributed by atoms with Crippen LogP contribution in [-0.2, 0) is 9.59 Å². The number of nitrogens with two attached hydrogens (primary N) is 2. The van der Waals surface area contributed by atoms with E-state index in [0.29, 0.717) is 12.3 Å². The van der Waals surface area contributed by atoms with Gasteiger partial charge in [-0.2, -0.15) is 0 Å². The summed E-state index contributed by atoms with van der Waals surface area (Å²) >= 11 is 0. The summed E-state index contributed by atoms with van der Waals surface area (Å²) in [6, 6.07) is 0. The van der Waals surface area contributed by atoms with Crippen LogP contribution in [0.15, 0.2) is 0 Å². The molecule has 98 valence electrons. The molecule has 4 N–H and O–H groups in total. The second-order valence-electron chi connectivity index (χ2n) is 5.17. The third-order valence-corrected chi connectivity index (χ3v) is 3.97. The summed E-state index contributed by atoms with van der Waals surface area (Å²) in [6.45, 7) is 1.88. The zero-order valence-electron chi connectivity index (χ0n) is 10.7. The van der Waals surface area contributed by atoms with Crippen molar-refractivity contribution in [3.63, 3.8) is 0 Å². The van der Waals surface area contributed by atoms with E-state index in [1.807, 2.05) is 6.92 Å². The third kappa shape index (κ3) is 4.02. The summed E-state index contributed by atoms with van der Waals surface area (Å²) in [5.74, 6) is -1.00. The van der Waals surface area contributed by atoms with Crippen LogP contribution in [0.3, 0.4) is 0 Å². The molecule has 1 fully saturated rings. The van der Waals surface area contributed by atoms with Crippen LogP contribution in [0.5, 0.6) is 0 Å². The Kier molecular flexibility index (Phi) is 5.45. The van der Waals surface area contributed by atoms with Gasteiger partial charge in [0.15, 0.2) is 0 Å². The molecule has 0 bridgehead atoms. The lowest BCUT2D eigenvalue weighted by molar-refractivity contribution is -0.132. The summed E-state index contributed by atoms with van der Waals surface area (Å²) in [5, 5.41) is 0. The molecule has 0 heterocycles. The van der Waals surface area contributed by atoms with Crippen LogP contribution in [0.1, 0.15) is 51.9 Å². The molecular weight excluding hydrogens is 216 g/mol. The highest BCUT2D eigenvalue weighted by molar-refractivity contribution is 5.85.